The molecule has 14 heavy (non-hydrogen) atoms. The van der Waals surface area contributed by atoms with Crippen LogP contribution >= 0.6 is 11.8 Å². The van der Waals surface area contributed by atoms with Gasteiger partial charge in [-0.05, 0) is 31.6 Å². The molecule has 0 unspecified atom stereocenters. The molecule has 2 aliphatic rings. The number of nitrogens with zero attached hydrogens (tertiary/aromatic N) is 1. The van der Waals surface area contributed by atoms with Crippen molar-refractivity contribution in [3.8, 4) is 0 Å². The molecule has 0 aromatic heterocycles. The van der Waals surface area contributed by atoms with Crippen LogP contribution in [-0.2, 0) is 4.79 Å². The van der Waals surface area contributed by atoms with Gasteiger partial charge in [-0.3, -0.25) is 4.79 Å². The first-order valence-electron chi connectivity index (χ1n) is 5.31. The molecule has 0 spiro atoms. The Hall–Kier alpha value is -0.220. The van der Waals surface area contributed by atoms with E-state index >= 15 is 0 Å². The minimum absolute atomic E-state index is 0.314. The van der Waals surface area contributed by atoms with Gasteiger partial charge in [-0.25, -0.2) is 0 Å². The van der Waals surface area contributed by atoms with E-state index in [1.165, 1.54) is 12.8 Å². The van der Waals surface area contributed by atoms with Gasteiger partial charge in [-0.1, -0.05) is 0 Å². The number of fused-ring (bicyclic) bond motifs is 1. The Morgan fingerprint density at radius 2 is 2.43 bits per heavy atom. The molecule has 3 nitrogen and oxygen atoms in total. The van der Waals surface area contributed by atoms with E-state index in [-0.39, 0.29) is 0 Å². The van der Waals surface area contributed by atoms with Crippen LogP contribution in [0, 0.1) is 5.92 Å². The molecule has 0 bridgehead atoms. The molecule has 0 saturated carbocycles. The van der Waals surface area contributed by atoms with Crippen LogP contribution in [0.25, 0.3) is 0 Å². The molecule has 0 aromatic rings. The van der Waals surface area contributed by atoms with E-state index in [9.17, 15) is 4.79 Å². The smallest absolute Gasteiger partial charge is 0.232 e. The summed E-state index contributed by atoms with van der Waals surface area (Å²) in [6.07, 6.45) is 4.55. The minimum atomic E-state index is 0.314. The summed E-state index contributed by atoms with van der Waals surface area (Å²) in [6, 6.07) is 0.578. The van der Waals surface area contributed by atoms with Crippen molar-refractivity contribution < 1.29 is 4.79 Å². The number of likely N-dealkylation sites (tertiary alicyclic amines) is 1. The Bertz CT molecular complexity index is 208. The lowest BCUT2D eigenvalue weighted by molar-refractivity contribution is -0.127. The van der Waals surface area contributed by atoms with Crippen molar-refractivity contribution in [1.29, 1.82) is 0 Å². The van der Waals surface area contributed by atoms with Crippen LogP contribution in [-0.4, -0.2) is 48.5 Å². The molecule has 4 heteroatoms. The second-order valence-corrected chi connectivity index (χ2v) is 5.06. The molecular weight excluding hydrogens is 196 g/mol. The van der Waals surface area contributed by atoms with Crippen molar-refractivity contribution in [2.75, 3.05) is 31.6 Å². The maximum absolute atomic E-state index is 11.7. The normalized spacial score (nSPS) is 31.6. The quantitative estimate of drug-likeness (QED) is 0.729. The topological polar surface area (TPSA) is 32.3 Å². The van der Waals surface area contributed by atoms with Gasteiger partial charge in [0.25, 0.3) is 0 Å². The third kappa shape index (κ3) is 2.06. The highest BCUT2D eigenvalue weighted by Crippen LogP contribution is 2.25. The van der Waals surface area contributed by atoms with Gasteiger partial charge < -0.3 is 10.2 Å². The number of carbonyl (C=O) groups is 1. The van der Waals surface area contributed by atoms with E-state index in [1.807, 2.05) is 11.2 Å². The van der Waals surface area contributed by atoms with E-state index in [1.54, 1.807) is 11.8 Å². The number of carbonyl (C=O) groups excluding carboxylic acids is 1. The van der Waals surface area contributed by atoms with E-state index in [2.05, 4.69) is 5.32 Å². The minimum Gasteiger partial charge on any atom is -0.340 e. The third-order valence-corrected chi connectivity index (χ3v) is 3.76. The Labute approximate surface area is 89.6 Å². The fraction of sp³-hybridized carbons (Fsp3) is 0.900. The first-order chi connectivity index (χ1) is 6.81. The second kappa shape index (κ2) is 4.53. The molecule has 80 valence electrons. The van der Waals surface area contributed by atoms with Gasteiger partial charge in [-0.15, -0.1) is 0 Å². The van der Waals surface area contributed by atoms with Crippen LogP contribution < -0.4 is 5.32 Å². The molecule has 1 N–H and O–H groups in total. The van der Waals surface area contributed by atoms with Gasteiger partial charge in [0.05, 0.1) is 5.75 Å². The van der Waals surface area contributed by atoms with E-state index in [4.69, 9.17) is 0 Å². The SMILES string of the molecule is CSCC(=O)N1C[C@@H]2CCCN[C@@H]2C1. The summed E-state index contributed by atoms with van der Waals surface area (Å²) in [4.78, 5) is 13.7. The van der Waals surface area contributed by atoms with Crippen molar-refractivity contribution in [3.05, 3.63) is 0 Å². The lowest BCUT2D eigenvalue weighted by atomic mass is 9.94. The number of amides is 1. The Kier molecular flexibility index (Phi) is 3.34. The van der Waals surface area contributed by atoms with E-state index in [0.717, 1.165) is 25.6 Å². The summed E-state index contributed by atoms with van der Waals surface area (Å²) in [7, 11) is 0. The molecule has 2 saturated heterocycles. The van der Waals surface area contributed by atoms with Gasteiger partial charge in [-0.2, -0.15) is 11.8 Å². The molecule has 0 aromatic carbocycles. The summed E-state index contributed by atoms with van der Waals surface area (Å²) in [5.41, 5.74) is 0. The van der Waals surface area contributed by atoms with Crippen LogP contribution in [0.3, 0.4) is 0 Å². The van der Waals surface area contributed by atoms with E-state index in [0.29, 0.717) is 17.7 Å². The van der Waals surface area contributed by atoms with Gasteiger partial charge in [0, 0.05) is 19.1 Å². The van der Waals surface area contributed by atoms with Gasteiger partial charge in [0.15, 0.2) is 0 Å². The summed E-state index contributed by atoms with van der Waals surface area (Å²) < 4.78 is 0. The van der Waals surface area contributed by atoms with Crippen molar-refractivity contribution in [3.63, 3.8) is 0 Å². The number of nitrogens with one attached hydrogen (secondary N) is 1. The average Bonchev–Trinajstić information content (AvgIpc) is 2.61. The number of piperidine rings is 1. The molecule has 2 rings (SSSR count). The summed E-state index contributed by atoms with van der Waals surface area (Å²) in [5, 5.41) is 3.51. The van der Waals surface area contributed by atoms with E-state index < -0.39 is 0 Å². The monoisotopic (exact) mass is 214 g/mol. The summed E-state index contributed by atoms with van der Waals surface area (Å²) in [6.45, 7) is 3.05. The number of hydrogen-bond donors (Lipinski definition) is 1. The van der Waals surface area contributed by atoms with Gasteiger partial charge in [0.1, 0.15) is 0 Å². The molecule has 2 aliphatic heterocycles. The lowest BCUT2D eigenvalue weighted by Gasteiger charge is -2.24. The number of rotatable bonds is 2. The Morgan fingerprint density at radius 3 is 3.14 bits per heavy atom. The zero-order valence-corrected chi connectivity index (χ0v) is 9.48. The van der Waals surface area contributed by atoms with Crippen LogP contribution in [0.5, 0.6) is 0 Å². The maximum atomic E-state index is 11.7. The summed E-state index contributed by atoms with van der Waals surface area (Å²) in [5.74, 6) is 1.67. The predicted octanol–water partition coefficient (Wildman–Crippen LogP) is 0.560. The molecule has 0 radical (unpaired) electrons. The standard InChI is InChI=1S/C10H18N2OS/c1-14-7-10(13)12-5-8-3-2-4-11-9(8)6-12/h8-9,11H,2-7H2,1H3/t8-,9+/m0/s1. The Balaban J connectivity index is 1.89. The average molecular weight is 214 g/mol. The van der Waals surface area contributed by atoms with Crippen LogP contribution in [0.15, 0.2) is 0 Å². The molecule has 0 aliphatic carbocycles. The van der Waals surface area contributed by atoms with Crippen LogP contribution in [0.1, 0.15) is 12.8 Å². The first-order valence-corrected chi connectivity index (χ1v) is 6.70. The van der Waals surface area contributed by atoms with Crippen molar-refractivity contribution in [2.45, 2.75) is 18.9 Å². The maximum Gasteiger partial charge on any atom is 0.232 e. The van der Waals surface area contributed by atoms with Gasteiger partial charge in [0.2, 0.25) is 5.91 Å². The highest BCUT2D eigenvalue weighted by Gasteiger charge is 2.35. The number of hydrogen-bond acceptors (Lipinski definition) is 3. The van der Waals surface area contributed by atoms with Crippen LogP contribution in [0.4, 0.5) is 0 Å². The Morgan fingerprint density at radius 1 is 1.57 bits per heavy atom. The van der Waals surface area contributed by atoms with Crippen molar-refractivity contribution in [1.82, 2.24) is 10.2 Å². The zero-order chi connectivity index (χ0) is 9.97. The number of thioether (sulfide) groups is 1. The lowest BCUT2D eigenvalue weighted by Crippen LogP contribution is -2.41. The third-order valence-electron chi connectivity index (χ3n) is 3.22. The van der Waals surface area contributed by atoms with Crippen LogP contribution in [0.2, 0.25) is 0 Å². The fourth-order valence-corrected chi connectivity index (χ4v) is 2.89. The molecule has 2 fully saturated rings. The first kappa shape index (κ1) is 10.3. The largest absolute Gasteiger partial charge is 0.340 e. The molecule has 1 amide bonds. The second-order valence-electron chi connectivity index (χ2n) is 4.19. The molecule has 2 atom stereocenters. The zero-order valence-electron chi connectivity index (χ0n) is 8.66. The molecular formula is C10H18N2OS. The highest BCUT2D eigenvalue weighted by molar-refractivity contribution is 7.99. The molecule has 2 heterocycles. The van der Waals surface area contributed by atoms with Crippen molar-refractivity contribution >= 4 is 17.7 Å². The summed E-state index contributed by atoms with van der Waals surface area (Å²) >= 11 is 1.62. The van der Waals surface area contributed by atoms with Gasteiger partial charge >= 0.3 is 0 Å². The highest BCUT2D eigenvalue weighted by atomic mass is 32.2. The van der Waals surface area contributed by atoms with Crippen molar-refractivity contribution in [2.24, 2.45) is 5.92 Å². The predicted molar refractivity (Wildman–Crippen MR) is 59.5 cm³/mol. The fourth-order valence-electron chi connectivity index (χ4n) is 2.47.